The standard InChI is InChI=1S/C19H23IN6O2S2/c1-4-30(3,27)24-16-11-17(25-9-10-28-12-13(25)2)23-18(22-16)14-5-7-21-19-15(14)6-8-26(19)29-20/h5-8,11,13H,4,9-10,12H2,1-3H3/t13-,30?/m1/s1. The van der Waals surface area contributed by atoms with Crippen molar-refractivity contribution in [2.45, 2.75) is 19.9 Å². The van der Waals surface area contributed by atoms with Crippen LogP contribution in [0.3, 0.4) is 0 Å². The molecule has 1 unspecified atom stereocenters. The first-order valence-electron chi connectivity index (χ1n) is 9.60. The number of morpholine rings is 1. The predicted octanol–water partition coefficient (Wildman–Crippen LogP) is 4.31. The molecule has 4 rings (SSSR count). The zero-order valence-corrected chi connectivity index (χ0v) is 20.8. The molecule has 160 valence electrons. The third kappa shape index (κ3) is 4.43. The maximum Gasteiger partial charge on any atom is 0.167 e. The third-order valence-electron chi connectivity index (χ3n) is 5.05. The average Bonchev–Trinajstić information content (AvgIpc) is 3.17. The molecule has 0 N–H and O–H groups in total. The maximum absolute atomic E-state index is 12.7. The van der Waals surface area contributed by atoms with Crippen LogP contribution in [0.1, 0.15) is 13.8 Å². The first kappa shape index (κ1) is 21.8. The number of nitrogens with zero attached hydrogens (tertiary/aromatic N) is 6. The first-order valence-corrected chi connectivity index (χ1v) is 15.0. The molecule has 0 aliphatic carbocycles. The Balaban J connectivity index is 1.91. The fourth-order valence-electron chi connectivity index (χ4n) is 3.33. The quantitative estimate of drug-likeness (QED) is 0.432. The Morgan fingerprint density at radius 3 is 2.97 bits per heavy atom. The van der Waals surface area contributed by atoms with Gasteiger partial charge in [0.15, 0.2) is 17.3 Å². The summed E-state index contributed by atoms with van der Waals surface area (Å²) in [6.07, 6.45) is 5.40. The van der Waals surface area contributed by atoms with Crippen LogP contribution in [-0.2, 0) is 14.5 Å². The van der Waals surface area contributed by atoms with E-state index in [1.807, 2.05) is 35.3 Å². The molecule has 0 amide bonds. The van der Waals surface area contributed by atoms with Gasteiger partial charge in [-0.15, -0.1) is 0 Å². The predicted molar refractivity (Wildman–Crippen MR) is 132 cm³/mol. The lowest BCUT2D eigenvalue weighted by atomic mass is 10.1. The second-order valence-corrected chi connectivity index (χ2v) is 11.6. The van der Waals surface area contributed by atoms with Crippen molar-refractivity contribution >= 4 is 62.7 Å². The molecule has 1 fully saturated rings. The fourth-order valence-corrected chi connectivity index (χ4v) is 5.22. The highest BCUT2D eigenvalue weighted by Gasteiger charge is 2.23. The largest absolute Gasteiger partial charge is 0.377 e. The van der Waals surface area contributed by atoms with Crippen molar-refractivity contribution in [1.82, 2.24) is 18.9 Å². The highest BCUT2D eigenvalue weighted by atomic mass is 127. The van der Waals surface area contributed by atoms with E-state index in [9.17, 15) is 4.21 Å². The van der Waals surface area contributed by atoms with E-state index < -0.39 is 9.73 Å². The van der Waals surface area contributed by atoms with E-state index in [1.54, 1.807) is 21.6 Å². The van der Waals surface area contributed by atoms with Crippen LogP contribution in [0.2, 0.25) is 0 Å². The van der Waals surface area contributed by atoms with E-state index in [-0.39, 0.29) is 6.04 Å². The molecule has 1 aliphatic heterocycles. The number of anilines is 1. The van der Waals surface area contributed by atoms with Gasteiger partial charge in [-0.25, -0.2) is 19.2 Å². The molecule has 3 aromatic rings. The molecule has 0 saturated carbocycles. The monoisotopic (exact) mass is 558 g/mol. The Bertz CT molecular complexity index is 1190. The zero-order valence-electron chi connectivity index (χ0n) is 17.0. The van der Waals surface area contributed by atoms with E-state index in [0.717, 1.165) is 29.0 Å². The molecule has 0 aromatic carbocycles. The topological polar surface area (TPSA) is 85.5 Å². The van der Waals surface area contributed by atoms with Crippen LogP contribution in [0, 0.1) is 0 Å². The first-order chi connectivity index (χ1) is 14.4. The molecule has 3 aromatic heterocycles. The smallest absolute Gasteiger partial charge is 0.167 e. The van der Waals surface area contributed by atoms with Gasteiger partial charge in [0.1, 0.15) is 5.82 Å². The van der Waals surface area contributed by atoms with Gasteiger partial charge in [0.05, 0.1) is 29.0 Å². The normalized spacial score (nSPS) is 19.1. The number of aromatic nitrogens is 4. The van der Waals surface area contributed by atoms with Crippen LogP contribution in [0.4, 0.5) is 11.6 Å². The molecule has 8 nitrogen and oxygen atoms in total. The number of ether oxygens (including phenoxy) is 1. The van der Waals surface area contributed by atoms with Crippen molar-refractivity contribution in [3.8, 4) is 11.4 Å². The lowest BCUT2D eigenvalue weighted by Crippen LogP contribution is -2.44. The molecule has 0 bridgehead atoms. The van der Waals surface area contributed by atoms with Crippen molar-refractivity contribution in [1.29, 1.82) is 0 Å². The minimum atomic E-state index is -2.35. The van der Waals surface area contributed by atoms with E-state index in [4.69, 9.17) is 9.72 Å². The molecule has 1 aliphatic rings. The molecule has 0 radical (unpaired) electrons. The average molecular weight is 558 g/mol. The molecule has 1 saturated heterocycles. The summed E-state index contributed by atoms with van der Waals surface area (Å²) >= 11 is 2.23. The summed E-state index contributed by atoms with van der Waals surface area (Å²) in [6, 6.07) is 5.94. The van der Waals surface area contributed by atoms with Gasteiger partial charge in [-0.05, 0) is 19.1 Å². The molecular formula is C19H23IN6O2S2. The van der Waals surface area contributed by atoms with Crippen LogP contribution in [0.25, 0.3) is 22.4 Å². The number of hydrogen-bond acceptors (Lipinski definition) is 8. The number of pyridine rings is 1. The zero-order chi connectivity index (χ0) is 21.3. The number of fused-ring (bicyclic) bond motifs is 1. The molecule has 2 atom stereocenters. The summed E-state index contributed by atoms with van der Waals surface area (Å²) in [6.45, 7) is 6.00. The van der Waals surface area contributed by atoms with E-state index in [2.05, 4.69) is 47.4 Å². The van der Waals surface area contributed by atoms with Crippen LogP contribution < -0.4 is 4.90 Å². The minimum Gasteiger partial charge on any atom is -0.377 e. The summed E-state index contributed by atoms with van der Waals surface area (Å²) < 4.78 is 24.7. The van der Waals surface area contributed by atoms with Crippen molar-refractivity contribution in [3.05, 3.63) is 30.6 Å². The molecule has 30 heavy (non-hydrogen) atoms. The highest BCUT2D eigenvalue weighted by molar-refractivity contribution is 14.2. The Labute approximate surface area is 192 Å². The summed E-state index contributed by atoms with van der Waals surface area (Å²) in [7, 11) is -0.800. The van der Waals surface area contributed by atoms with Gasteiger partial charge in [-0.2, -0.15) is 4.36 Å². The van der Waals surface area contributed by atoms with Crippen LogP contribution >= 0.6 is 30.3 Å². The highest BCUT2D eigenvalue weighted by Crippen LogP contribution is 2.32. The van der Waals surface area contributed by atoms with Gasteiger partial charge in [0, 0.05) is 78.3 Å². The number of halogens is 1. The second kappa shape index (κ2) is 8.97. The van der Waals surface area contributed by atoms with Gasteiger partial charge in [0.2, 0.25) is 0 Å². The molecule has 4 heterocycles. The Kier molecular flexibility index (Phi) is 6.51. The molecule has 11 heteroatoms. The number of hydrogen-bond donors (Lipinski definition) is 0. The van der Waals surface area contributed by atoms with Crippen LogP contribution in [-0.4, -0.2) is 60.9 Å². The number of rotatable bonds is 5. The van der Waals surface area contributed by atoms with Gasteiger partial charge in [-0.3, -0.25) is 3.97 Å². The van der Waals surface area contributed by atoms with E-state index in [0.29, 0.717) is 30.6 Å². The molecular weight excluding hydrogens is 535 g/mol. The molecule has 0 spiro atoms. The van der Waals surface area contributed by atoms with Crippen LogP contribution in [0.5, 0.6) is 0 Å². The van der Waals surface area contributed by atoms with E-state index >= 15 is 0 Å². The second-order valence-electron chi connectivity index (χ2n) is 7.17. The van der Waals surface area contributed by atoms with Crippen molar-refractivity contribution in [2.75, 3.05) is 36.7 Å². The Hall–Kier alpha value is -1.44. The summed E-state index contributed by atoms with van der Waals surface area (Å²) in [5.74, 6) is 2.23. The summed E-state index contributed by atoms with van der Waals surface area (Å²) in [5, 5.41) is 0.965. The Morgan fingerprint density at radius 2 is 2.23 bits per heavy atom. The van der Waals surface area contributed by atoms with Gasteiger partial charge in [0.25, 0.3) is 0 Å². The maximum atomic E-state index is 12.7. The van der Waals surface area contributed by atoms with Crippen molar-refractivity contribution < 1.29 is 8.95 Å². The van der Waals surface area contributed by atoms with Gasteiger partial charge >= 0.3 is 0 Å². The SMILES string of the molecule is CCS(C)(=O)=Nc1cc(N2CCOC[C@H]2C)nc(-c2ccnc3c2ccn3SI)n1. The van der Waals surface area contributed by atoms with Crippen molar-refractivity contribution in [2.24, 2.45) is 4.36 Å². The lowest BCUT2D eigenvalue weighted by molar-refractivity contribution is 0.0985. The van der Waals surface area contributed by atoms with Crippen molar-refractivity contribution in [3.63, 3.8) is 0 Å². The summed E-state index contributed by atoms with van der Waals surface area (Å²) in [4.78, 5) is 16.3. The van der Waals surface area contributed by atoms with Gasteiger partial charge in [-0.1, -0.05) is 6.92 Å². The Morgan fingerprint density at radius 1 is 1.40 bits per heavy atom. The summed E-state index contributed by atoms with van der Waals surface area (Å²) in [5.41, 5.74) is 1.73. The van der Waals surface area contributed by atoms with E-state index in [1.165, 1.54) is 0 Å². The minimum absolute atomic E-state index is 0.181. The fraction of sp³-hybridized carbons (Fsp3) is 0.421. The van der Waals surface area contributed by atoms with Gasteiger partial charge < -0.3 is 9.64 Å². The van der Waals surface area contributed by atoms with Crippen LogP contribution in [0.15, 0.2) is 35.0 Å². The third-order valence-corrected chi connectivity index (χ3v) is 8.41. The lowest BCUT2D eigenvalue weighted by Gasteiger charge is -2.34.